The number of nitrogens with zero attached hydrogens (tertiary/aromatic N) is 1. The smallest absolute Gasteiger partial charge is 0.153 e. The second-order valence-electron chi connectivity index (χ2n) is 5.41. The van der Waals surface area contributed by atoms with Gasteiger partial charge in [-0.25, -0.2) is 8.42 Å². The van der Waals surface area contributed by atoms with Gasteiger partial charge in [-0.15, -0.1) is 0 Å². The van der Waals surface area contributed by atoms with Crippen LogP contribution in [-0.2, 0) is 16.4 Å². The van der Waals surface area contributed by atoms with E-state index in [1.807, 2.05) is 31.2 Å². The molecule has 1 fully saturated rings. The zero-order chi connectivity index (χ0) is 15.3. The Morgan fingerprint density at radius 2 is 2.24 bits per heavy atom. The molecule has 0 spiro atoms. The monoisotopic (exact) mass is 307 g/mol. The normalized spacial score (nSPS) is 21.5. The van der Waals surface area contributed by atoms with Gasteiger partial charge in [0.05, 0.1) is 18.1 Å². The van der Waals surface area contributed by atoms with Crippen LogP contribution in [0.1, 0.15) is 24.5 Å². The Labute approximate surface area is 126 Å². The summed E-state index contributed by atoms with van der Waals surface area (Å²) in [6, 6.07) is 8.02. The number of hydrogen-bond acceptors (Lipinski definition) is 4. The van der Waals surface area contributed by atoms with Gasteiger partial charge in [0.25, 0.3) is 0 Å². The minimum Gasteiger partial charge on any atom is -0.395 e. The molecule has 1 N–H and O–H groups in total. The first-order valence-corrected chi connectivity index (χ1v) is 8.95. The van der Waals surface area contributed by atoms with Crippen molar-refractivity contribution in [3.05, 3.63) is 35.4 Å². The molecule has 1 heterocycles. The lowest BCUT2D eigenvalue weighted by molar-refractivity contribution is 0.218. The molecule has 4 nitrogen and oxygen atoms in total. The maximum atomic E-state index is 11.6. The van der Waals surface area contributed by atoms with Gasteiger partial charge in [0.15, 0.2) is 9.84 Å². The van der Waals surface area contributed by atoms with Crippen LogP contribution in [0, 0.1) is 11.8 Å². The van der Waals surface area contributed by atoms with Gasteiger partial charge in [-0.3, -0.25) is 4.90 Å². The molecule has 1 unspecified atom stereocenters. The van der Waals surface area contributed by atoms with E-state index in [0.717, 1.165) is 17.7 Å². The summed E-state index contributed by atoms with van der Waals surface area (Å²) < 4.78 is 23.2. The van der Waals surface area contributed by atoms with Crippen LogP contribution < -0.4 is 0 Å². The van der Waals surface area contributed by atoms with E-state index >= 15 is 0 Å². The van der Waals surface area contributed by atoms with Crippen LogP contribution in [0.25, 0.3) is 0 Å². The number of hydrogen-bond donors (Lipinski definition) is 1. The number of aliphatic hydroxyl groups excluding tert-OH is 1. The molecule has 21 heavy (non-hydrogen) atoms. The highest BCUT2D eigenvalue weighted by Crippen LogP contribution is 2.16. The zero-order valence-corrected chi connectivity index (χ0v) is 13.1. The molecule has 1 aliphatic heterocycles. The maximum absolute atomic E-state index is 11.6. The lowest BCUT2D eigenvalue weighted by atomic mass is 10.1. The summed E-state index contributed by atoms with van der Waals surface area (Å²) in [6.07, 6.45) is 0.477. The molecule has 5 heteroatoms. The molecule has 114 valence electrons. The van der Waals surface area contributed by atoms with E-state index in [2.05, 4.69) is 16.7 Å². The summed E-state index contributed by atoms with van der Waals surface area (Å²) in [5.74, 6) is 6.41. The average molecular weight is 307 g/mol. The van der Waals surface area contributed by atoms with Crippen LogP contribution in [0.4, 0.5) is 0 Å². The van der Waals surface area contributed by atoms with Gasteiger partial charge in [0.1, 0.15) is 0 Å². The Hall–Kier alpha value is -1.35. The van der Waals surface area contributed by atoms with E-state index in [1.54, 1.807) is 0 Å². The highest BCUT2D eigenvalue weighted by molar-refractivity contribution is 7.91. The maximum Gasteiger partial charge on any atom is 0.153 e. The molecule has 0 aromatic heterocycles. The summed E-state index contributed by atoms with van der Waals surface area (Å²) in [5, 5.41) is 8.73. The molecular weight excluding hydrogens is 286 g/mol. The van der Waals surface area contributed by atoms with Crippen molar-refractivity contribution in [1.29, 1.82) is 0 Å². The minimum atomic E-state index is -2.87. The molecule has 2 rings (SSSR count). The third-order valence-electron chi connectivity index (χ3n) is 3.59. The molecule has 0 saturated carbocycles. The van der Waals surface area contributed by atoms with Gasteiger partial charge >= 0.3 is 0 Å². The van der Waals surface area contributed by atoms with Gasteiger partial charge < -0.3 is 5.11 Å². The van der Waals surface area contributed by atoms with Gasteiger partial charge in [-0.2, -0.15) is 0 Å². The molecule has 1 aliphatic rings. The Kier molecular flexibility index (Phi) is 5.40. The fourth-order valence-corrected chi connectivity index (χ4v) is 4.10. The first-order valence-electron chi connectivity index (χ1n) is 7.13. The number of benzene rings is 1. The van der Waals surface area contributed by atoms with Crippen LogP contribution in [0.15, 0.2) is 24.3 Å². The highest BCUT2D eigenvalue weighted by Gasteiger charge is 2.27. The number of sulfone groups is 1. The van der Waals surface area contributed by atoms with E-state index in [0.29, 0.717) is 13.0 Å². The summed E-state index contributed by atoms with van der Waals surface area (Å²) >= 11 is 0. The Morgan fingerprint density at radius 1 is 1.43 bits per heavy atom. The van der Waals surface area contributed by atoms with Crippen molar-refractivity contribution in [2.75, 3.05) is 24.7 Å². The van der Waals surface area contributed by atoms with E-state index in [-0.39, 0.29) is 24.2 Å². The molecule has 1 saturated heterocycles. The standard InChI is InChI=1S/C16H21NO3S/c1-14-13-21(19,20)10-8-17(14)12-16-7-4-6-15(11-16)5-2-3-9-18/h4,6-7,11,14,18H,3,8-10,12-13H2,1H3. The molecule has 0 amide bonds. The largest absolute Gasteiger partial charge is 0.395 e. The average Bonchev–Trinajstić information content (AvgIpc) is 2.42. The molecule has 0 bridgehead atoms. The third-order valence-corrected chi connectivity index (χ3v) is 5.39. The van der Waals surface area contributed by atoms with Crippen LogP contribution in [-0.4, -0.2) is 49.1 Å². The molecule has 1 atom stereocenters. The topological polar surface area (TPSA) is 57.6 Å². The quantitative estimate of drug-likeness (QED) is 0.848. The van der Waals surface area contributed by atoms with Crippen molar-refractivity contribution in [3.63, 3.8) is 0 Å². The van der Waals surface area contributed by atoms with Crippen molar-refractivity contribution >= 4 is 9.84 Å². The summed E-state index contributed by atoms with van der Waals surface area (Å²) in [6.45, 7) is 3.37. The summed E-state index contributed by atoms with van der Waals surface area (Å²) in [4.78, 5) is 2.20. The van der Waals surface area contributed by atoms with Crippen LogP contribution in [0.3, 0.4) is 0 Å². The Balaban J connectivity index is 2.04. The van der Waals surface area contributed by atoms with E-state index in [9.17, 15) is 8.42 Å². The molecule has 0 aliphatic carbocycles. The molecular formula is C16H21NO3S. The second-order valence-corrected chi connectivity index (χ2v) is 7.64. The summed E-state index contributed by atoms with van der Waals surface area (Å²) in [5.41, 5.74) is 2.06. The first kappa shape index (κ1) is 16.0. The third kappa shape index (κ3) is 4.85. The predicted octanol–water partition coefficient (Wildman–Crippen LogP) is 1.04. The number of aliphatic hydroxyl groups is 1. The lowest BCUT2D eigenvalue weighted by Gasteiger charge is -2.33. The fourth-order valence-electron chi connectivity index (χ4n) is 2.47. The van der Waals surface area contributed by atoms with E-state index < -0.39 is 9.84 Å². The second kappa shape index (κ2) is 7.08. The van der Waals surface area contributed by atoms with Crippen molar-refractivity contribution in [2.45, 2.75) is 25.9 Å². The van der Waals surface area contributed by atoms with Gasteiger partial charge in [-0.1, -0.05) is 24.0 Å². The SMILES string of the molecule is CC1CS(=O)(=O)CCN1Cc1cccc(C#CCCO)c1. The fraction of sp³-hybridized carbons (Fsp3) is 0.500. The summed E-state index contributed by atoms with van der Waals surface area (Å²) in [7, 11) is -2.87. The van der Waals surface area contributed by atoms with Crippen LogP contribution in [0.5, 0.6) is 0 Å². The zero-order valence-electron chi connectivity index (χ0n) is 12.2. The Morgan fingerprint density at radius 3 is 2.95 bits per heavy atom. The van der Waals surface area contributed by atoms with Crippen molar-refractivity contribution < 1.29 is 13.5 Å². The van der Waals surface area contributed by atoms with E-state index in [4.69, 9.17) is 5.11 Å². The number of rotatable bonds is 3. The first-order chi connectivity index (χ1) is 10.00. The van der Waals surface area contributed by atoms with E-state index in [1.165, 1.54) is 0 Å². The van der Waals surface area contributed by atoms with Crippen LogP contribution >= 0.6 is 0 Å². The van der Waals surface area contributed by atoms with Crippen molar-refractivity contribution in [1.82, 2.24) is 4.90 Å². The Bertz CT molecular complexity index is 643. The van der Waals surface area contributed by atoms with Gasteiger partial charge in [-0.05, 0) is 24.6 Å². The van der Waals surface area contributed by atoms with Gasteiger partial charge in [0, 0.05) is 31.1 Å². The predicted molar refractivity (Wildman–Crippen MR) is 83.5 cm³/mol. The van der Waals surface area contributed by atoms with Crippen molar-refractivity contribution in [3.8, 4) is 11.8 Å². The molecule has 1 aromatic rings. The minimum absolute atomic E-state index is 0.0490. The lowest BCUT2D eigenvalue weighted by Crippen LogP contribution is -2.46. The van der Waals surface area contributed by atoms with Crippen molar-refractivity contribution in [2.24, 2.45) is 0 Å². The van der Waals surface area contributed by atoms with Crippen LogP contribution in [0.2, 0.25) is 0 Å². The molecule has 0 radical (unpaired) electrons. The van der Waals surface area contributed by atoms with Gasteiger partial charge in [0.2, 0.25) is 0 Å². The highest BCUT2D eigenvalue weighted by atomic mass is 32.2. The molecule has 1 aromatic carbocycles.